The molecule has 0 N–H and O–H groups in total. The van der Waals surface area contributed by atoms with Gasteiger partial charge in [0.1, 0.15) is 5.82 Å². The molecule has 1 saturated heterocycles. The van der Waals surface area contributed by atoms with E-state index in [9.17, 15) is 9.18 Å². The number of halogens is 1. The van der Waals surface area contributed by atoms with Gasteiger partial charge in [-0.1, -0.05) is 12.1 Å². The Labute approximate surface area is 139 Å². The van der Waals surface area contributed by atoms with Gasteiger partial charge in [-0.3, -0.25) is 4.79 Å². The molecule has 0 aromatic heterocycles. The van der Waals surface area contributed by atoms with E-state index in [0.717, 1.165) is 31.4 Å². The third-order valence-corrected chi connectivity index (χ3v) is 4.64. The van der Waals surface area contributed by atoms with Crippen molar-refractivity contribution in [3.05, 3.63) is 59.4 Å². The number of hydrogen-bond acceptors (Lipinski definition) is 3. The normalized spacial score (nSPS) is 18.9. The highest BCUT2D eigenvalue weighted by Gasteiger charge is 2.30. The standard InChI is InChI=1S/C19H18FNO3/c20-15-6-3-13(4-7-15)10-16-2-1-9-21(16)19(22)14-5-8-17-18(11-14)24-12-23-17/h3-8,11,16H,1-2,9-10,12H2. The summed E-state index contributed by atoms with van der Waals surface area (Å²) in [7, 11) is 0. The average molecular weight is 327 g/mol. The maximum Gasteiger partial charge on any atom is 0.254 e. The van der Waals surface area contributed by atoms with E-state index in [1.165, 1.54) is 12.1 Å². The van der Waals surface area contributed by atoms with E-state index >= 15 is 0 Å². The van der Waals surface area contributed by atoms with E-state index in [0.29, 0.717) is 17.1 Å². The molecule has 2 heterocycles. The summed E-state index contributed by atoms with van der Waals surface area (Å²) in [6.45, 7) is 0.947. The Bertz CT molecular complexity index is 760. The second kappa shape index (κ2) is 6.15. The van der Waals surface area contributed by atoms with Gasteiger partial charge in [0.25, 0.3) is 5.91 Å². The molecule has 0 aliphatic carbocycles. The third-order valence-electron chi connectivity index (χ3n) is 4.64. The fourth-order valence-electron chi connectivity index (χ4n) is 3.40. The minimum atomic E-state index is -0.238. The van der Waals surface area contributed by atoms with Crippen molar-refractivity contribution in [3.63, 3.8) is 0 Å². The molecule has 2 aromatic carbocycles. The summed E-state index contributed by atoms with van der Waals surface area (Å²) in [6, 6.07) is 12.0. The van der Waals surface area contributed by atoms with Gasteiger partial charge in [-0.05, 0) is 55.2 Å². The molecule has 1 amide bonds. The smallest absolute Gasteiger partial charge is 0.254 e. The van der Waals surface area contributed by atoms with Crippen LogP contribution in [0, 0.1) is 5.82 Å². The molecule has 2 aromatic rings. The maximum atomic E-state index is 13.0. The van der Waals surface area contributed by atoms with Crippen LogP contribution in [0.15, 0.2) is 42.5 Å². The molecule has 2 aliphatic rings. The monoisotopic (exact) mass is 327 g/mol. The number of fused-ring (bicyclic) bond motifs is 1. The zero-order valence-electron chi connectivity index (χ0n) is 13.2. The summed E-state index contributed by atoms with van der Waals surface area (Å²) in [4.78, 5) is 14.8. The number of nitrogens with zero attached hydrogens (tertiary/aromatic N) is 1. The van der Waals surface area contributed by atoms with Crippen LogP contribution in [0.5, 0.6) is 11.5 Å². The van der Waals surface area contributed by atoms with Crippen LogP contribution in [-0.4, -0.2) is 30.2 Å². The summed E-state index contributed by atoms with van der Waals surface area (Å²) in [5, 5.41) is 0. The number of carbonyl (C=O) groups is 1. The van der Waals surface area contributed by atoms with Gasteiger partial charge in [-0.15, -0.1) is 0 Å². The molecule has 5 heteroatoms. The van der Waals surface area contributed by atoms with Gasteiger partial charge < -0.3 is 14.4 Å². The van der Waals surface area contributed by atoms with E-state index in [1.807, 2.05) is 4.90 Å². The largest absolute Gasteiger partial charge is 0.454 e. The fourth-order valence-corrected chi connectivity index (χ4v) is 3.40. The molecule has 0 spiro atoms. The highest BCUT2D eigenvalue weighted by molar-refractivity contribution is 5.95. The summed E-state index contributed by atoms with van der Waals surface area (Å²) in [6.07, 6.45) is 2.70. The van der Waals surface area contributed by atoms with Crippen LogP contribution in [0.3, 0.4) is 0 Å². The van der Waals surface area contributed by atoms with Crippen LogP contribution in [-0.2, 0) is 6.42 Å². The Kier molecular flexibility index (Phi) is 3.84. The number of hydrogen-bond donors (Lipinski definition) is 0. The second-order valence-corrected chi connectivity index (χ2v) is 6.19. The first-order chi connectivity index (χ1) is 11.7. The van der Waals surface area contributed by atoms with Crippen LogP contribution >= 0.6 is 0 Å². The molecule has 24 heavy (non-hydrogen) atoms. The topological polar surface area (TPSA) is 38.8 Å². The van der Waals surface area contributed by atoms with E-state index in [2.05, 4.69) is 0 Å². The minimum Gasteiger partial charge on any atom is -0.454 e. The fraction of sp³-hybridized carbons (Fsp3) is 0.316. The Morgan fingerprint density at radius 2 is 1.92 bits per heavy atom. The summed E-state index contributed by atoms with van der Waals surface area (Å²) >= 11 is 0. The van der Waals surface area contributed by atoms with Gasteiger partial charge in [0.05, 0.1) is 0 Å². The van der Waals surface area contributed by atoms with Crippen molar-refractivity contribution in [2.75, 3.05) is 13.3 Å². The average Bonchev–Trinajstić information content (AvgIpc) is 3.24. The zero-order chi connectivity index (χ0) is 16.5. The Morgan fingerprint density at radius 3 is 2.75 bits per heavy atom. The molecule has 4 nitrogen and oxygen atoms in total. The van der Waals surface area contributed by atoms with Crippen molar-refractivity contribution in [1.29, 1.82) is 0 Å². The molecule has 2 aliphatic heterocycles. The van der Waals surface area contributed by atoms with E-state index in [-0.39, 0.29) is 24.6 Å². The lowest BCUT2D eigenvalue weighted by Crippen LogP contribution is -2.36. The first-order valence-corrected chi connectivity index (χ1v) is 8.16. The van der Waals surface area contributed by atoms with Gasteiger partial charge in [0.15, 0.2) is 11.5 Å². The quantitative estimate of drug-likeness (QED) is 0.867. The van der Waals surface area contributed by atoms with Crippen molar-refractivity contribution in [3.8, 4) is 11.5 Å². The number of carbonyl (C=O) groups excluding carboxylic acids is 1. The molecule has 1 atom stereocenters. The molecule has 124 valence electrons. The minimum absolute atomic E-state index is 0.0120. The first kappa shape index (κ1) is 15.0. The molecule has 4 rings (SSSR count). The lowest BCUT2D eigenvalue weighted by molar-refractivity contribution is 0.0736. The lowest BCUT2D eigenvalue weighted by Gasteiger charge is -2.25. The number of ether oxygens (including phenoxy) is 2. The van der Waals surface area contributed by atoms with E-state index < -0.39 is 0 Å². The zero-order valence-corrected chi connectivity index (χ0v) is 13.2. The number of benzene rings is 2. The Hall–Kier alpha value is -2.56. The van der Waals surface area contributed by atoms with Gasteiger partial charge in [-0.2, -0.15) is 0 Å². The summed E-state index contributed by atoms with van der Waals surface area (Å²) < 4.78 is 23.7. The van der Waals surface area contributed by atoms with E-state index in [4.69, 9.17) is 9.47 Å². The van der Waals surface area contributed by atoms with Gasteiger partial charge in [0.2, 0.25) is 6.79 Å². The van der Waals surface area contributed by atoms with Crippen LogP contribution in [0.1, 0.15) is 28.8 Å². The van der Waals surface area contributed by atoms with Crippen LogP contribution < -0.4 is 9.47 Å². The second-order valence-electron chi connectivity index (χ2n) is 6.19. The number of amides is 1. The van der Waals surface area contributed by atoms with Gasteiger partial charge in [-0.25, -0.2) is 4.39 Å². The third kappa shape index (κ3) is 2.82. The van der Waals surface area contributed by atoms with Crippen molar-refractivity contribution >= 4 is 5.91 Å². The maximum absolute atomic E-state index is 13.0. The number of rotatable bonds is 3. The van der Waals surface area contributed by atoms with Crippen molar-refractivity contribution < 1.29 is 18.7 Å². The highest BCUT2D eigenvalue weighted by Crippen LogP contribution is 2.33. The van der Waals surface area contributed by atoms with Crippen LogP contribution in [0.4, 0.5) is 4.39 Å². The van der Waals surface area contributed by atoms with Gasteiger partial charge >= 0.3 is 0 Å². The highest BCUT2D eigenvalue weighted by atomic mass is 19.1. The predicted octanol–water partition coefficient (Wildman–Crippen LogP) is 3.40. The molecule has 1 fully saturated rings. The van der Waals surface area contributed by atoms with Crippen LogP contribution in [0.2, 0.25) is 0 Å². The van der Waals surface area contributed by atoms with Crippen molar-refractivity contribution in [2.24, 2.45) is 0 Å². The molecule has 0 bridgehead atoms. The molecule has 1 unspecified atom stereocenters. The summed E-state index contributed by atoms with van der Waals surface area (Å²) in [5.74, 6) is 1.07. The molecule has 0 saturated carbocycles. The van der Waals surface area contributed by atoms with E-state index in [1.54, 1.807) is 30.3 Å². The molecular formula is C19H18FNO3. The van der Waals surface area contributed by atoms with Crippen molar-refractivity contribution in [1.82, 2.24) is 4.90 Å². The van der Waals surface area contributed by atoms with Crippen LogP contribution in [0.25, 0.3) is 0 Å². The Morgan fingerprint density at radius 1 is 1.12 bits per heavy atom. The predicted molar refractivity (Wildman–Crippen MR) is 86.7 cm³/mol. The number of likely N-dealkylation sites (tertiary alicyclic amines) is 1. The SMILES string of the molecule is O=C(c1ccc2c(c1)OCO2)N1CCCC1Cc1ccc(F)cc1. The summed E-state index contributed by atoms with van der Waals surface area (Å²) in [5.41, 5.74) is 1.66. The lowest BCUT2D eigenvalue weighted by atomic mass is 10.0. The van der Waals surface area contributed by atoms with Gasteiger partial charge in [0, 0.05) is 18.2 Å². The molecule has 0 radical (unpaired) electrons. The Balaban J connectivity index is 1.51. The molecular weight excluding hydrogens is 309 g/mol. The van der Waals surface area contributed by atoms with Crippen molar-refractivity contribution in [2.45, 2.75) is 25.3 Å². The first-order valence-electron chi connectivity index (χ1n) is 8.16.